The number of amides is 1. The van der Waals surface area contributed by atoms with Gasteiger partial charge in [0.25, 0.3) is 10.0 Å². The Morgan fingerprint density at radius 2 is 1.84 bits per heavy atom. The van der Waals surface area contributed by atoms with E-state index in [0.717, 1.165) is 17.0 Å². The largest absolute Gasteiger partial charge is 0.462 e. The summed E-state index contributed by atoms with van der Waals surface area (Å²) in [6.07, 6.45) is 3.55. The van der Waals surface area contributed by atoms with Crippen LogP contribution in [0.5, 0.6) is 0 Å². The van der Waals surface area contributed by atoms with Crippen LogP contribution in [-0.4, -0.2) is 26.0 Å². The first-order valence-electron chi connectivity index (χ1n) is 9.90. The first-order valence-corrected chi connectivity index (χ1v) is 11.7. The molecule has 0 spiro atoms. The van der Waals surface area contributed by atoms with E-state index in [4.69, 9.17) is 16.6 Å². The number of hydrogen-bond donors (Lipinski definition) is 2. The van der Waals surface area contributed by atoms with E-state index in [-0.39, 0.29) is 10.0 Å². The number of anilines is 2. The van der Waals surface area contributed by atoms with Crippen molar-refractivity contribution in [3.8, 4) is 0 Å². The number of benzene rings is 2. The van der Waals surface area contributed by atoms with Gasteiger partial charge >= 0.3 is 0 Å². The van der Waals surface area contributed by atoms with Gasteiger partial charge in [-0.25, -0.2) is 8.42 Å². The fourth-order valence-electron chi connectivity index (χ4n) is 3.41. The first kappa shape index (κ1) is 21.8. The maximum Gasteiger partial charge on any atom is 0.264 e. The molecular formula is C23H21N3O4S2. The molecule has 0 bridgehead atoms. The lowest BCUT2D eigenvalue weighted by molar-refractivity contribution is -0.115. The minimum absolute atomic E-state index is 0.0966. The van der Waals surface area contributed by atoms with Crippen molar-refractivity contribution in [1.82, 2.24) is 5.32 Å². The number of furan rings is 1. The zero-order chi connectivity index (χ0) is 22.7. The third kappa shape index (κ3) is 4.74. The highest BCUT2D eigenvalue weighted by Crippen LogP contribution is 2.32. The summed E-state index contributed by atoms with van der Waals surface area (Å²) in [7, 11) is -3.66. The highest BCUT2D eigenvalue weighted by molar-refractivity contribution is 7.92. The molecular weight excluding hydrogens is 446 g/mol. The van der Waals surface area contributed by atoms with Crippen LogP contribution in [0.1, 0.15) is 17.1 Å². The SMILES string of the molecule is Cc1ccc(C=CC(=O)NC(=S)Nc2ccc(S(=O)(=O)N3CCc4ccccc43)cc2)o1. The van der Waals surface area contributed by atoms with Gasteiger partial charge < -0.3 is 9.73 Å². The van der Waals surface area contributed by atoms with Gasteiger partial charge in [0.2, 0.25) is 5.91 Å². The molecule has 0 atom stereocenters. The normalized spacial score (nSPS) is 13.2. The number of para-hydroxylation sites is 1. The van der Waals surface area contributed by atoms with Gasteiger partial charge in [-0.1, -0.05) is 18.2 Å². The van der Waals surface area contributed by atoms with E-state index in [0.29, 0.717) is 24.4 Å². The van der Waals surface area contributed by atoms with Crippen LogP contribution in [0.2, 0.25) is 0 Å². The summed E-state index contributed by atoms with van der Waals surface area (Å²) in [6.45, 7) is 2.24. The second kappa shape index (κ2) is 8.97. The van der Waals surface area contributed by atoms with Crippen molar-refractivity contribution in [3.05, 3.63) is 83.8 Å². The van der Waals surface area contributed by atoms with Crippen molar-refractivity contribution >= 4 is 50.7 Å². The van der Waals surface area contributed by atoms with Crippen molar-refractivity contribution in [2.75, 3.05) is 16.2 Å². The maximum absolute atomic E-state index is 13.1. The highest BCUT2D eigenvalue weighted by Gasteiger charge is 2.30. The van der Waals surface area contributed by atoms with Crippen LogP contribution < -0.4 is 14.9 Å². The maximum atomic E-state index is 13.1. The fourth-order valence-corrected chi connectivity index (χ4v) is 5.13. The molecule has 4 rings (SSSR count). The average Bonchev–Trinajstić information content (AvgIpc) is 3.39. The number of thiocarbonyl (C=S) groups is 1. The topological polar surface area (TPSA) is 91.7 Å². The number of rotatable bonds is 5. The summed E-state index contributed by atoms with van der Waals surface area (Å²) in [5.41, 5.74) is 2.30. The van der Waals surface area contributed by atoms with Crippen molar-refractivity contribution in [3.63, 3.8) is 0 Å². The molecule has 2 N–H and O–H groups in total. The van der Waals surface area contributed by atoms with Crippen LogP contribution in [0.25, 0.3) is 6.08 Å². The molecule has 0 radical (unpaired) electrons. The molecule has 1 aromatic heterocycles. The summed E-state index contributed by atoms with van der Waals surface area (Å²) in [5, 5.41) is 5.50. The lowest BCUT2D eigenvalue weighted by Crippen LogP contribution is -2.32. The Kier molecular flexibility index (Phi) is 6.11. The fraction of sp³-hybridized carbons (Fsp3) is 0.130. The number of hydrogen-bond acceptors (Lipinski definition) is 5. The van der Waals surface area contributed by atoms with Crippen molar-refractivity contribution < 1.29 is 17.6 Å². The lowest BCUT2D eigenvalue weighted by Gasteiger charge is -2.19. The molecule has 164 valence electrons. The standard InChI is InChI=1S/C23H21N3O4S2/c1-16-6-9-19(30-16)10-13-22(27)25-23(31)24-18-7-11-20(12-8-18)32(28,29)26-15-14-17-4-2-3-5-21(17)26/h2-13H,14-15H2,1H3,(H2,24,25,27,31). The van der Waals surface area contributed by atoms with Gasteiger partial charge in [-0.15, -0.1) is 0 Å². The van der Waals surface area contributed by atoms with Crippen LogP contribution >= 0.6 is 12.2 Å². The summed E-state index contributed by atoms with van der Waals surface area (Å²) >= 11 is 5.16. The van der Waals surface area contributed by atoms with Gasteiger partial charge in [-0.3, -0.25) is 14.4 Å². The molecule has 0 fully saturated rings. The Morgan fingerprint density at radius 3 is 2.56 bits per heavy atom. The van der Waals surface area contributed by atoms with Gasteiger partial charge in [-0.2, -0.15) is 0 Å². The molecule has 2 heterocycles. The molecule has 0 saturated carbocycles. The van der Waals surface area contributed by atoms with E-state index < -0.39 is 15.9 Å². The number of carbonyl (C=O) groups excluding carboxylic acids is 1. The predicted octanol–water partition coefficient (Wildman–Crippen LogP) is 3.87. The van der Waals surface area contributed by atoms with E-state index in [1.165, 1.54) is 22.5 Å². The highest BCUT2D eigenvalue weighted by atomic mass is 32.2. The van der Waals surface area contributed by atoms with Gasteiger partial charge in [0, 0.05) is 18.3 Å². The minimum atomic E-state index is -3.66. The molecule has 1 amide bonds. The third-order valence-electron chi connectivity index (χ3n) is 4.94. The van der Waals surface area contributed by atoms with Crippen molar-refractivity contribution in [1.29, 1.82) is 0 Å². The van der Waals surface area contributed by atoms with Crippen LogP contribution in [-0.2, 0) is 21.2 Å². The quantitative estimate of drug-likeness (QED) is 0.437. The molecule has 0 saturated heterocycles. The van der Waals surface area contributed by atoms with Crippen molar-refractivity contribution in [2.24, 2.45) is 0 Å². The molecule has 32 heavy (non-hydrogen) atoms. The summed E-state index contributed by atoms with van der Waals surface area (Å²) in [6, 6.07) is 17.3. The van der Waals surface area contributed by atoms with Crippen LogP contribution in [0.3, 0.4) is 0 Å². The molecule has 3 aromatic rings. The molecule has 7 nitrogen and oxygen atoms in total. The Morgan fingerprint density at radius 1 is 1.09 bits per heavy atom. The number of nitrogens with one attached hydrogen (secondary N) is 2. The zero-order valence-corrected chi connectivity index (χ0v) is 18.9. The predicted molar refractivity (Wildman–Crippen MR) is 128 cm³/mol. The van der Waals surface area contributed by atoms with Gasteiger partial charge in [-0.05, 0) is 79.7 Å². The van der Waals surface area contributed by atoms with E-state index in [2.05, 4.69) is 10.6 Å². The molecule has 2 aromatic carbocycles. The Hall–Kier alpha value is -3.43. The molecule has 1 aliphatic rings. The van der Waals surface area contributed by atoms with Crippen molar-refractivity contribution in [2.45, 2.75) is 18.2 Å². The number of nitrogens with zero attached hydrogens (tertiary/aromatic N) is 1. The van der Waals surface area contributed by atoms with Gasteiger partial charge in [0.1, 0.15) is 11.5 Å². The Balaban J connectivity index is 1.38. The molecule has 0 aliphatic carbocycles. The number of fused-ring (bicyclic) bond motifs is 1. The van der Waals surface area contributed by atoms with E-state index in [1.807, 2.05) is 31.2 Å². The van der Waals surface area contributed by atoms with Crippen LogP contribution in [0.4, 0.5) is 11.4 Å². The Labute approximate surface area is 191 Å². The van der Waals surface area contributed by atoms with E-state index in [1.54, 1.807) is 30.3 Å². The Bertz CT molecular complexity index is 1290. The van der Waals surface area contributed by atoms with Crippen LogP contribution in [0, 0.1) is 6.92 Å². The second-order valence-electron chi connectivity index (χ2n) is 7.21. The second-order valence-corrected chi connectivity index (χ2v) is 9.48. The number of sulfonamides is 1. The van der Waals surface area contributed by atoms with Gasteiger partial charge in [0.15, 0.2) is 5.11 Å². The molecule has 0 unspecified atom stereocenters. The minimum Gasteiger partial charge on any atom is -0.462 e. The lowest BCUT2D eigenvalue weighted by atomic mass is 10.2. The monoisotopic (exact) mass is 467 g/mol. The average molecular weight is 468 g/mol. The summed E-state index contributed by atoms with van der Waals surface area (Å²) < 4.78 is 32.9. The zero-order valence-electron chi connectivity index (χ0n) is 17.2. The first-order chi connectivity index (χ1) is 15.3. The summed E-state index contributed by atoms with van der Waals surface area (Å²) in [5.74, 6) is 0.902. The van der Waals surface area contributed by atoms with Gasteiger partial charge in [0.05, 0.1) is 10.6 Å². The summed E-state index contributed by atoms with van der Waals surface area (Å²) in [4.78, 5) is 12.2. The number of aryl methyl sites for hydroxylation is 1. The van der Waals surface area contributed by atoms with Crippen LogP contribution in [0.15, 0.2) is 76.1 Å². The smallest absolute Gasteiger partial charge is 0.264 e. The van der Waals surface area contributed by atoms with E-state index in [9.17, 15) is 13.2 Å². The van der Waals surface area contributed by atoms with E-state index >= 15 is 0 Å². The molecule has 9 heteroatoms. The number of carbonyl (C=O) groups is 1. The third-order valence-corrected chi connectivity index (χ3v) is 6.97. The molecule has 1 aliphatic heterocycles.